The number of sulfonamides is 1. The van der Waals surface area contributed by atoms with E-state index in [1.807, 2.05) is 0 Å². The highest BCUT2D eigenvalue weighted by Gasteiger charge is 2.32. The van der Waals surface area contributed by atoms with Gasteiger partial charge in [-0.3, -0.25) is 4.79 Å². The normalized spacial score (nSPS) is 17.4. The van der Waals surface area contributed by atoms with Crippen molar-refractivity contribution in [1.29, 1.82) is 0 Å². The van der Waals surface area contributed by atoms with Crippen LogP contribution in [0.15, 0.2) is 23.1 Å². The van der Waals surface area contributed by atoms with Gasteiger partial charge in [0.25, 0.3) is 5.91 Å². The molecule has 3 N–H and O–H groups in total. The van der Waals surface area contributed by atoms with Crippen molar-refractivity contribution >= 4 is 27.5 Å². The van der Waals surface area contributed by atoms with Crippen LogP contribution in [0.25, 0.3) is 0 Å². The second kappa shape index (κ2) is 5.35. The van der Waals surface area contributed by atoms with Gasteiger partial charge in [-0.05, 0) is 36.5 Å². The van der Waals surface area contributed by atoms with Crippen LogP contribution in [0.4, 0.5) is 0 Å². The maximum atomic E-state index is 12.1. The fourth-order valence-electron chi connectivity index (χ4n) is 2.20. The molecule has 0 spiro atoms. The zero-order valence-corrected chi connectivity index (χ0v) is 12.7. The molecule has 1 fully saturated rings. The van der Waals surface area contributed by atoms with Crippen LogP contribution in [0, 0.1) is 5.41 Å². The number of benzene rings is 1. The van der Waals surface area contributed by atoms with Crippen LogP contribution in [0.3, 0.4) is 0 Å². The lowest BCUT2D eigenvalue weighted by molar-refractivity contribution is 0.0890. The smallest absolute Gasteiger partial charge is 0.252 e. The first-order valence-electron chi connectivity index (χ1n) is 6.32. The van der Waals surface area contributed by atoms with E-state index in [-0.39, 0.29) is 26.8 Å². The van der Waals surface area contributed by atoms with Gasteiger partial charge in [-0.25, -0.2) is 13.6 Å². The molecule has 0 radical (unpaired) electrons. The minimum atomic E-state index is -3.85. The van der Waals surface area contributed by atoms with E-state index in [0.717, 1.165) is 12.8 Å². The summed E-state index contributed by atoms with van der Waals surface area (Å²) < 4.78 is 22.6. The van der Waals surface area contributed by atoms with E-state index in [9.17, 15) is 13.2 Å². The van der Waals surface area contributed by atoms with Crippen LogP contribution in [0.2, 0.25) is 5.02 Å². The molecule has 20 heavy (non-hydrogen) atoms. The predicted molar refractivity (Wildman–Crippen MR) is 77.1 cm³/mol. The van der Waals surface area contributed by atoms with Gasteiger partial charge in [0, 0.05) is 6.54 Å². The van der Waals surface area contributed by atoms with E-state index in [0.29, 0.717) is 6.54 Å². The Balaban J connectivity index is 2.16. The van der Waals surface area contributed by atoms with Crippen LogP contribution in [-0.4, -0.2) is 20.9 Å². The molecule has 1 amide bonds. The first-order chi connectivity index (χ1) is 9.21. The number of nitrogens with one attached hydrogen (secondary N) is 1. The van der Waals surface area contributed by atoms with E-state index in [4.69, 9.17) is 16.7 Å². The quantitative estimate of drug-likeness (QED) is 0.889. The molecule has 0 atom stereocenters. The number of rotatable bonds is 4. The number of primary sulfonamides is 1. The minimum absolute atomic E-state index is 0.123. The van der Waals surface area contributed by atoms with E-state index in [1.165, 1.54) is 24.6 Å². The summed E-state index contributed by atoms with van der Waals surface area (Å²) in [4.78, 5) is 12.0. The highest BCUT2D eigenvalue weighted by atomic mass is 35.5. The minimum Gasteiger partial charge on any atom is -0.351 e. The molecule has 0 bridgehead atoms. The molecule has 110 valence electrons. The van der Waals surface area contributed by atoms with Crippen molar-refractivity contribution in [3.8, 4) is 0 Å². The molecular formula is C13H17ClN2O3S. The van der Waals surface area contributed by atoms with Crippen molar-refractivity contribution < 1.29 is 13.2 Å². The Morgan fingerprint density at radius 3 is 2.60 bits per heavy atom. The fourth-order valence-corrected chi connectivity index (χ4v) is 2.94. The molecule has 1 aromatic carbocycles. The maximum absolute atomic E-state index is 12.1. The molecule has 0 aromatic heterocycles. The van der Waals surface area contributed by atoms with Crippen LogP contribution in [-0.2, 0) is 10.0 Å². The lowest BCUT2D eigenvalue weighted by atomic mass is 9.70. The lowest BCUT2D eigenvalue weighted by Crippen LogP contribution is -2.40. The summed E-state index contributed by atoms with van der Waals surface area (Å²) in [6, 6.07) is 3.85. The fraction of sp³-hybridized carbons (Fsp3) is 0.462. The molecule has 7 heteroatoms. The van der Waals surface area contributed by atoms with Gasteiger partial charge in [0.1, 0.15) is 0 Å². The Hall–Kier alpha value is -1.11. The third-order valence-corrected chi connectivity index (χ3v) is 4.99. The molecule has 0 saturated heterocycles. The molecule has 1 saturated carbocycles. The largest absolute Gasteiger partial charge is 0.351 e. The van der Waals surface area contributed by atoms with Crippen molar-refractivity contribution in [2.75, 3.05) is 6.54 Å². The van der Waals surface area contributed by atoms with Crippen LogP contribution < -0.4 is 10.5 Å². The van der Waals surface area contributed by atoms with Gasteiger partial charge in [0.05, 0.1) is 15.5 Å². The predicted octanol–water partition coefficient (Wildman–Crippen LogP) is 1.91. The number of carbonyl (C=O) groups is 1. The zero-order valence-electron chi connectivity index (χ0n) is 11.1. The Kier molecular flexibility index (Phi) is 4.09. The molecule has 2 rings (SSSR count). The Morgan fingerprint density at radius 2 is 2.10 bits per heavy atom. The number of amides is 1. The summed E-state index contributed by atoms with van der Waals surface area (Å²) in [6.45, 7) is 2.67. The summed E-state index contributed by atoms with van der Waals surface area (Å²) in [5.74, 6) is -0.381. The SMILES string of the molecule is CC1(CNC(=O)c2cc(S(N)(=O)=O)ccc2Cl)CCC1. The monoisotopic (exact) mass is 316 g/mol. The Morgan fingerprint density at radius 1 is 1.45 bits per heavy atom. The zero-order chi connectivity index (χ0) is 15.0. The van der Waals surface area contributed by atoms with Crippen LogP contribution in [0.1, 0.15) is 36.5 Å². The molecule has 1 aliphatic carbocycles. The molecule has 0 aliphatic heterocycles. The lowest BCUT2D eigenvalue weighted by Gasteiger charge is -2.38. The summed E-state index contributed by atoms with van der Waals surface area (Å²) in [5.41, 5.74) is 0.265. The van der Waals surface area contributed by atoms with Crippen molar-refractivity contribution in [2.45, 2.75) is 31.1 Å². The van der Waals surface area contributed by atoms with E-state index in [1.54, 1.807) is 0 Å². The molecule has 0 unspecified atom stereocenters. The van der Waals surface area contributed by atoms with Gasteiger partial charge in [0.15, 0.2) is 0 Å². The molecule has 1 aliphatic rings. The van der Waals surface area contributed by atoms with E-state index in [2.05, 4.69) is 12.2 Å². The molecule has 5 nitrogen and oxygen atoms in total. The number of hydrogen-bond acceptors (Lipinski definition) is 3. The van der Waals surface area contributed by atoms with Crippen LogP contribution in [0.5, 0.6) is 0 Å². The number of halogens is 1. The van der Waals surface area contributed by atoms with Crippen molar-refractivity contribution in [3.63, 3.8) is 0 Å². The number of nitrogens with two attached hydrogens (primary N) is 1. The van der Waals surface area contributed by atoms with Gasteiger partial charge < -0.3 is 5.32 Å². The first kappa shape index (κ1) is 15.3. The summed E-state index contributed by atoms with van der Waals surface area (Å²) in [5, 5.41) is 8.05. The van der Waals surface area contributed by atoms with E-state index >= 15 is 0 Å². The van der Waals surface area contributed by atoms with Crippen molar-refractivity contribution in [1.82, 2.24) is 5.32 Å². The Labute approximate surface area is 123 Å². The average Bonchev–Trinajstić information content (AvgIpc) is 2.32. The van der Waals surface area contributed by atoms with Gasteiger partial charge in [0.2, 0.25) is 10.0 Å². The van der Waals surface area contributed by atoms with Gasteiger partial charge in [-0.1, -0.05) is 24.9 Å². The first-order valence-corrected chi connectivity index (χ1v) is 8.24. The second-order valence-electron chi connectivity index (χ2n) is 5.53. The topological polar surface area (TPSA) is 89.3 Å². The number of carbonyl (C=O) groups excluding carboxylic acids is 1. The number of hydrogen-bond donors (Lipinski definition) is 2. The van der Waals surface area contributed by atoms with Crippen LogP contribution >= 0.6 is 11.6 Å². The highest BCUT2D eigenvalue weighted by Crippen LogP contribution is 2.39. The molecule has 1 aromatic rings. The molecular weight excluding hydrogens is 300 g/mol. The van der Waals surface area contributed by atoms with Crippen molar-refractivity contribution in [3.05, 3.63) is 28.8 Å². The second-order valence-corrected chi connectivity index (χ2v) is 7.50. The van der Waals surface area contributed by atoms with Crippen molar-refractivity contribution in [2.24, 2.45) is 10.6 Å². The third-order valence-electron chi connectivity index (χ3n) is 3.75. The van der Waals surface area contributed by atoms with E-state index < -0.39 is 10.0 Å². The van der Waals surface area contributed by atoms with Gasteiger partial charge >= 0.3 is 0 Å². The maximum Gasteiger partial charge on any atom is 0.252 e. The van der Waals surface area contributed by atoms with Gasteiger partial charge in [-0.2, -0.15) is 0 Å². The molecule has 0 heterocycles. The standard InChI is InChI=1S/C13H17ClN2O3S/c1-13(5-2-6-13)8-16-12(17)10-7-9(20(15,18)19)3-4-11(10)14/h3-4,7H,2,5-6,8H2,1H3,(H,16,17)(H2,15,18,19). The summed E-state index contributed by atoms with van der Waals surface area (Å²) in [7, 11) is -3.85. The summed E-state index contributed by atoms with van der Waals surface area (Å²) >= 11 is 5.94. The Bertz CT molecular complexity index is 639. The van der Waals surface area contributed by atoms with Gasteiger partial charge in [-0.15, -0.1) is 0 Å². The summed E-state index contributed by atoms with van der Waals surface area (Å²) in [6.07, 6.45) is 3.34. The average molecular weight is 317 g/mol. The third kappa shape index (κ3) is 3.31. The highest BCUT2D eigenvalue weighted by molar-refractivity contribution is 7.89.